The molecule has 308 valence electrons. The lowest BCUT2D eigenvalue weighted by atomic mass is 10.2. The second-order valence-corrected chi connectivity index (χ2v) is 10.7. The van der Waals surface area contributed by atoms with E-state index in [2.05, 4.69) is 31.1 Å². The van der Waals surface area contributed by atoms with Gasteiger partial charge in [-0.1, -0.05) is 0 Å². The van der Waals surface area contributed by atoms with Gasteiger partial charge in [-0.25, -0.2) is 13.7 Å². The van der Waals surface area contributed by atoms with E-state index in [0.717, 1.165) is 0 Å². The number of amides is 4. The molecule has 0 aliphatic carbocycles. The minimum Gasteiger partial charge on any atom is -0.554 e. The summed E-state index contributed by atoms with van der Waals surface area (Å²) in [6, 6.07) is 13.6. The quantitative estimate of drug-likeness (QED) is 0.0258. The highest BCUT2D eigenvalue weighted by Gasteiger charge is 2.15. The van der Waals surface area contributed by atoms with E-state index in [1.165, 1.54) is 6.20 Å². The van der Waals surface area contributed by atoms with Crippen molar-refractivity contribution in [3.63, 3.8) is 0 Å². The molecule has 0 unspecified atom stereocenters. The van der Waals surface area contributed by atoms with Gasteiger partial charge in [0.25, 0.3) is 28.7 Å². The molecule has 0 fully saturated rings. The molecular formula is C34H38N10O14. The summed E-state index contributed by atoms with van der Waals surface area (Å²) < 4.78 is 5.37. The number of pyridine rings is 4. The van der Waals surface area contributed by atoms with Gasteiger partial charge in [-0.3, -0.25) is 24.2 Å². The molecule has 4 aromatic rings. The number of carbonyl (C=O) groups is 6. The Morgan fingerprint density at radius 1 is 0.603 bits per heavy atom. The fourth-order valence-electron chi connectivity index (χ4n) is 4.47. The second kappa shape index (κ2) is 28.3. The molecule has 4 heterocycles. The predicted octanol–water partition coefficient (Wildman–Crippen LogP) is -4.33. The first-order valence-electron chi connectivity index (χ1n) is 16.5. The molecule has 0 radical (unpaired) electrons. The van der Waals surface area contributed by atoms with Crippen LogP contribution in [-0.2, 0) is 34.1 Å². The van der Waals surface area contributed by atoms with Gasteiger partial charge in [0.15, 0.2) is 56.8 Å². The monoisotopic (exact) mass is 810 g/mol. The summed E-state index contributed by atoms with van der Waals surface area (Å²) in [7, 11) is 0. The molecule has 0 aliphatic heterocycles. The SMILES string of the molecule is O=C(NCCO[N+](=O)[O-])c1ccc[n+](CCNC(=O)c2ccc[n+](CCNC(=O)c3ccc[n+](CCNC(=O)c4cccnc4)c3)c2)c1.O=C[O-].O=C[O-].O=[N+]([O-])[O-]. The third kappa shape index (κ3) is 20.9. The highest BCUT2D eigenvalue weighted by Crippen LogP contribution is 1.98. The van der Waals surface area contributed by atoms with Gasteiger partial charge in [-0.2, -0.15) is 0 Å². The molecule has 0 aromatic carbocycles. The topological polar surface area (TPSA) is 340 Å². The first-order chi connectivity index (χ1) is 27.8. The first kappa shape index (κ1) is 47.8. The van der Waals surface area contributed by atoms with Gasteiger partial charge in [-0.15, -0.1) is 10.1 Å². The summed E-state index contributed by atoms with van der Waals surface area (Å²) >= 11 is 0. The molecule has 4 amide bonds. The lowest BCUT2D eigenvalue weighted by Crippen LogP contribution is -2.43. The zero-order valence-corrected chi connectivity index (χ0v) is 30.4. The fourth-order valence-corrected chi connectivity index (χ4v) is 4.47. The third-order valence-corrected chi connectivity index (χ3v) is 6.84. The van der Waals surface area contributed by atoms with E-state index in [1.54, 1.807) is 94.8 Å². The van der Waals surface area contributed by atoms with Crippen molar-refractivity contribution >= 4 is 36.6 Å². The normalized spacial score (nSPS) is 9.45. The maximum Gasteiger partial charge on any atom is 0.294 e. The van der Waals surface area contributed by atoms with E-state index >= 15 is 0 Å². The third-order valence-electron chi connectivity index (χ3n) is 6.84. The lowest BCUT2D eigenvalue weighted by molar-refractivity contribution is -0.757. The Morgan fingerprint density at radius 3 is 1.26 bits per heavy atom. The summed E-state index contributed by atoms with van der Waals surface area (Å²) in [6.45, 7) is 1.04. The molecular weight excluding hydrogens is 772 g/mol. The average molecular weight is 811 g/mol. The standard InChI is InChI=1S/C32H33N9O7.2CH2O2.NO3/c42-29(25-5-1-9-33-21-25)34-10-17-38-14-2-6-26(22-38)30(43)35-11-18-39-15-3-7-27(23-39)31(44)36-12-19-40-16-4-8-28(24-40)32(45)37-13-20-48-41(46)47;2*2-1-3;2-1(3)4/h1-9,14-16,21-24H,10-13,17-20H2,(H-3,34,35,36,37,42,43,44,45);2*1H,(H,2,3);/q;;;-1/p+1. The molecule has 4 N–H and O–H groups in total. The maximum atomic E-state index is 12.8. The zero-order valence-electron chi connectivity index (χ0n) is 30.4. The molecule has 24 heteroatoms. The number of rotatable bonds is 17. The first-order valence-corrected chi connectivity index (χ1v) is 16.5. The molecule has 4 rings (SSSR count). The Kier molecular flexibility index (Phi) is 23.3. The van der Waals surface area contributed by atoms with Crippen molar-refractivity contribution in [3.8, 4) is 0 Å². The van der Waals surface area contributed by atoms with Crippen molar-refractivity contribution in [2.75, 3.05) is 32.8 Å². The van der Waals surface area contributed by atoms with Crippen molar-refractivity contribution < 1.29 is 67.7 Å². The molecule has 0 saturated carbocycles. The van der Waals surface area contributed by atoms with Crippen LogP contribution < -0.4 is 45.2 Å². The number of hydrogen-bond acceptors (Lipinski definition) is 15. The number of carbonyl (C=O) groups excluding carboxylic acids is 6. The predicted molar refractivity (Wildman–Crippen MR) is 189 cm³/mol. The summed E-state index contributed by atoms with van der Waals surface area (Å²) in [6.07, 6.45) is 13.5. The molecule has 0 bridgehead atoms. The van der Waals surface area contributed by atoms with E-state index in [1.807, 2.05) is 10.8 Å². The summed E-state index contributed by atoms with van der Waals surface area (Å²) in [5.41, 5.74) is 1.75. The number of hydrogen-bond donors (Lipinski definition) is 4. The van der Waals surface area contributed by atoms with Gasteiger partial charge in [0.05, 0.1) is 30.3 Å². The molecule has 0 spiro atoms. The lowest BCUT2D eigenvalue weighted by Gasteiger charge is -2.06. The number of nitrogens with one attached hydrogen (secondary N) is 4. The van der Waals surface area contributed by atoms with Crippen LogP contribution in [0.1, 0.15) is 41.4 Å². The van der Waals surface area contributed by atoms with E-state index in [0.29, 0.717) is 61.5 Å². The Bertz CT molecular complexity index is 1940. The van der Waals surface area contributed by atoms with E-state index in [4.69, 9.17) is 35.1 Å². The van der Waals surface area contributed by atoms with Crippen molar-refractivity contribution in [1.82, 2.24) is 26.3 Å². The Morgan fingerprint density at radius 2 is 0.931 bits per heavy atom. The smallest absolute Gasteiger partial charge is 0.294 e. The average Bonchev–Trinajstić information content (AvgIpc) is 3.20. The van der Waals surface area contributed by atoms with Gasteiger partial charge >= 0.3 is 0 Å². The van der Waals surface area contributed by atoms with Gasteiger partial charge in [0, 0.05) is 50.1 Å². The van der Waals surface area contributed by atoms with Crippen molar-refractivity contribution in [2.45, 2.75) is 19.6 Å². The van der Waals surface area contributed by atoms with Crippen LogP contribution >= 0.6 is 0 Å². The molecule has 24 nitrogen and oxygen atoms in total. The highest BCUT2D eigenvalue weighted by molar-refractivity contribution is 5.95. The largest absolute Gasteiger partial charge is 0.554 e. The van der Waals surface area contributed by atoms with Crippen molar-refractivity contribution in [3.05, 3.63) is 146 Å². The summed E-state index contributed by atoms with van der Waals surface area (Å²) in [5.74, 6) is -1.15. The van der Waals surface area contributed by atoms with E-state index in [9.17, 15) is 29.3 Å². The summed E-state index contributed by atoms with van der Waals surface area (Å²) in [5, 5.41) is 51.6. The van der Waals surface area contributed by atoms with E-state index < -0.39 is 29.0 Å². The Labute approximate surface area is 328 Å². The van der Waals surface area contributed by atoms with Crippen LogP contribution in [0.5, 0.6) is 0 Å². The second-order valence-electron chi connectivity index (χ2n) is 10.7. The number of carboxylic acid groups (broad SMARTS) is 2. The van der Waals surface area contributed by atoms with Crippen LogP contribution in [0.25, 0.3) is 0 Å². The van der Waals surface area contributed by atoms with Crippen molar-refractivity contribution in [2.24, 2.45) is 0 Å². The Balaban J connectivity index is 0.00000152. The zero-order chi connectivity index (χ0) is 43.1. The van der Waals surface area contributed by atoms with Gasteiger partial charge in [0.2, 0.25) is 0 Å². The minimum atomic E-state index is -1.75. The minimum absolute atomic E-state index is 0.0149. The molecule has 0 saturated heterocycles. The van der Waals surface area contributed by atoms with Gasteiger partial charge in [-0.05, 0) is 30.3 Å². The number of nitrogens with zero attached hydrogens (tertiary/aromatic N) is 6. The van der Waals surface area contributed by atoms with Crippen LogP contribution in [0, 0.1) is 25.4 Å². The molecule has 0 aliphatic rings. The fraction of sp³-hybridized carbons (Fsp3) is 0.235. The summed E-state index contributed by atoms with van der Waals surface area (Å²) in [4.78, 5) is 93.1. The van der Waals surface area contributed by atoms with Crippen LogP contribution in [0.3, 0.4) is 0 Å². The molecule has 0 atom stereocenters. The maximum absolute atomic E-state index is 12.8. The molecule has 58 heavy (non-hydrogen) atoms. The highest BCUT2D eigenvalue weighted by atomic mass is 16.9. The van der Waals surface area contributed by atoms with E-state index in [-0.39, 0.29) is 30.9 Å². The van der Waals surface area contributed by atoms with Crippen LogP contribution in [0.15, 0.2) is 98.1 Å². The van der Waals surface area contributed by atoms with Crippen LogP contribution in [0.4, 0.5) is 0 Å². The van der Waals surface area contributed by atoms with Crippen LogP contribution in [0.2, 0.25) is 0 Å². The number of aromatic nitrogens is 4. The van der Waals surface area contributed by atoms with Crippen molar-refractivity contribution in [1.29, 1.82) is 0 Å². The van der Waals surface area contributed by atoms with Gasteiger partial charge < -0.3 is 61.2 Å². The van der Waals surface area contributed by atoms with Crippen LogP contribution in [-0.4, -0.2) is 84.5 Å². The molecule has 4 aromatic heterocycles. The Hall–Kier alpha value is -8.18. The van der Waals surface area contributed by atoms with Gasteiger partial charge in [0.1, 0.15) is 23.3 Å².